The number of aromatic nitrogens is 3. The fraction of sp³-hybridized carbons (Fsp3) is 0.600. The monoisotopic (exact) mass is 363 g/mol. The molecule has 0 saturated heterocycles. The van der Waals surface area contributed by atoms with Crippen LogP contribution in [0.3, 0.4) is 0 Å². The van der Waals surface area contributed by atoms with Gasteiger partial charge in [-0.15, -0.1) is 0 Å². The van der Waals surface area contributed by atoms with Crippen molar-refractivity contribution in [1.29, 1.82) is 0 Å². The Labute approximate surface area is 114 Å². The van der Waals surface area contributed by atoms with Gasteiger partial charge in [0.1, 0.15) is 0 Å². The number of halogens is 2. The van der Waals surface area contributed by atoms with Crippen molar-refractivity contribution < 1.29 is 0 Å². The molecule has 0 unspecified atom stereocenters. The largest absolute Gasteiger partial charge is 0.347 e. The van der Waals surface area contributed by atoms with E-state index in [0.29, 0.717) is 6.54 Å². The molecule has 1 aromatic rings. The van der Waals surface area contributed by atoms with Crippen molar-refractivity contribution >= 4 is 31.9 Å². The van der Waals surface area contributed by atoms with E-state index in [2.05, 4.69) is 31.9 Å². The van der Waals surface area contributed by atoms with Crippen LogP contribution in [0.15, 0.2) is 21.7 Å². The van der Waals surface area contributed by atoms with Gasteiger partial charge in [0.25, 0.3) is 0 Å². The Morgan fingerprint density at radius 1 is 1.06 bits per heavy atom. The van der Waals surface area contributed by atoms with E-state index >= 15 is 0 Å². The van der Waals surface area contributed by atoms with E-state index in [9.17, 15) is 9.59 Å². The molecule has 3 aliphatic rings. The molecule has 1 aliphatic carbocycles. The van der Waals surface area contributed by atoms with E-state index in [1.807, 2.05) is 19.1 Å². The summed E-state index contributed by atoms with van der Waals surface area (Å²) in [6, 6.07) is -0.199. The lowest BCUT2D eigenvalue weighted by Crippen LogP contribution is -2.50. The zero-order valence-electron chi connectivity index (χ0n) is 9.09. The fourth-order valence-corrected chi connectivity index (χ4v) is 4.00. The normalized spacial score (nSPS) is 34.1. The number of alkyl halides is 2. The molecule has 0 aromatic carbocycles. The molecular formula is C10H11Br2N3O2. The summed E-state index contributed by atoms with van der Waals surface area (Å²) < 4.78 is 4.40. The lowest BCUT2D eigenvalue weighted by Gasteiger charge is -2.40. The minimum absolute atomic E-state index is 0.0997. The van der Waals surface area contributed by atoms with Gasteiger partial charge in [0.2, 0.25) is 0 Å². The van der Waals surface area contributed by atoms with Crippen LogP contribution in [-0.4, -0.2) is 23.6 Å². The van der Waals surface area contributed by atoms with Gasteiger partial charge in [0.15, 0.2) is 0 Å². The highest BCUT2D eigenvalue weighted by atomic mass is 79.9. The maximum absolute atomic E-state index is 12.1. The Kier molecular flexibility index (Phi) is 2.52. The molecule has 2 aliphatic heterocycles. The van der Waals surface area contributed by atoms with Crippen LogP contribution < -0.4 is 11.4 Å². The molecule has 7 heteroatoms. The highest BCUT2D eigenvalue weighted by molar-refractivity contribution is 9.12. The quantitative estimate of drug-likeness (QED) is 0.552. The Bertz CT molecular complexity index is 563. The van der Waals surface area contributed by atoms with Crippen LogP contribution in [0.1, 0.15) is 19.0 Å². The van der Waals surface area contributed by atoms with Gasteiger partial charge in [-0.25, -0.2) is 23.5 Å². The molecule has 0 N–H and O–H groups in total. The minimum atomic E-state index is -0.222. The number of fused-ring (bicyclic) bond motifs is 1. The third kappa shape index (κ3) is 1.29. The van der Waals surface area contributed by atoms with Crippen LogP contribution in [-0.2, 0) is 6.54 Å². The van der Waals surface area contributed by atoms with Crippen molar-refractivity contribution in [2.24, 2.45) is 0 Å². The van der Waals surface area contributed by atoms with Crippen LogP contribution in [0.25, 0.3) is 0 Å². The molecule has 0 radical (unpaired) electrons. The van der Waals surface area contributed by atoms with E-state index in [4.69, 9.17) is 0 Å². The van der Waals surface area contributed by atoms with Crippen molar-refractivity contribution in [2.45, 2.75) is 35.2 Å². The standard InChI is InChI=1S/C10H11Br2N3O2/c1-2-13-9(16)14-5-3-4-6(8(12)7(5)11)15(14)10(13)17/h3-8H,2H2,1H3/t5-,6-,7-,8-/m0/s1. The highest BCUT2D eigenvalue weighted by Gasteiger charge is 2.44. The van der Waals surface area contributed by atoms with Gasteiger partial charge >= 0.3 is 11.4 Å². The maximum atomic E-state index is 12.1. The number of allylic oxidation sites excluding steroid dienone is 2. The van der Waals surface area contributed by atoms with Crippen LogP contribution in [0.2, 0.25) is 0 Å². The van der Waals surface area contributed by atoms with Crippen molar-refractivity contribution in [2.75, 3.05) is 0 Å². The molecule has 0 amide bonds. The molecule has 3 heterocycles. The molecule has 0 saturated carbocycles. The van der Waals surface area contributed by atoms with Crippen LogP contribution in [0.4, 0.5) is 0 Å². The van der Waals surface area contributed by atoms with Crippen molar-refractivity contribution in [1.82, 2.24) is 13.9 Å². The van der Waals surface area contributed by atoms with Gasteiger partial charge in [-0.1, -0.05) is 44.0 Å². The third-order valence-corrected chi connectivity index (χ3v) is 6.36. The van der Waals surface area contributed by atoms with Crippen LogP contribution >= 0.6 is 31.9 Å². The molecule has 1 aromatic heterocycles. The first-order chi connectivity index (χ1) is 8.07. The summed E-state index contributed by atoms with van der Waals surface area (Å²) in [7, 11) is 0. The topological polar surface area (TPSA) is 48.9 Å². The van der Waals surface area contributed by atoms with Gasteiger partial charge in [-0.3, -0.25) is 0 Å². The summed E-state index contributed by atoms with van der Waals surface area (Å²) in [5, 5.41) is 0. The molecule has 4 rings (SSSR count). The van der Waals surface area contributed by atoms with E-state index in [1.165, 1.54) is 4.57 Å². The van der Waals surface area contributed by atoms with Crippen LogP contribution in [0, 0.1) is 0 Å². The molecule has 0 spiro atoms. The van der Waals surface area contributed by atoms with E-state index in [0.717, 1.165) is 0 Å². The zero-order valence-corrected chi connectivity index (χ0v) is 12.3. The number of rotatable bonds is 1. The zero-order chi connectivity index (χ0) is 12.3. The summed E-state index contributed by atoms with van der Waals surface area (Å²) in [5.74, 6) is 0. The summed E-state index contributed by atoms with van der Waals surface area (Å²) in [4.78, 5) is 24.5. The maximum Gasteiger partial charge on any atom is 0.347 e. The van der Waals surface area contributed by atoms with Crippen molar-refractivity contribution in [3.05, 3.63) is 33.1 Å². The Balaban J connectivity index is 2.35. The summed E-state index contributed by atoms with van der Waals surface area (Å²) in [6.45, 7) is 2.21. The van der Waals surface area contributed by atoms with Crippen LogP contribution in [0.5, 0.6) is 0 Å². The fourth-order valence-electron chi connectivity index (χ4n) is 2.58. The van der Waals surface area contributed by atoms with Crippen molar-refractivity contribution in [3.8, 4) is 0 Å². The molecule has 17 heavy (non-hydrogen) atoms. The van der Waals surface area contributed by atoms with Gasteiger partial charge in [0, 0.05) is 6.54 Å². The van der Waals surface area contributed by atoms with Gasteiger partial charge in [-0.05, 0) is 6.92 Å². The minimum Gasteiger partial charge on any atom is -0.246 e. The van der Waals surface area contributed by atoms with Gasteiger partial charge in [0.05, 0.1) is 21.7 Å². The lowest BCUT2D eigenvalue weighted by molar-refractivity contribution is 0.278. The summed E-state index contributed by atoms with van der Waals surface area (Å²) in [5.41, 5.74) is -0.443. The summed E-state index contributed by atoms with van der Waals surface area (Å²) >= 11 is 7.18. The molecule has 2 bridgehead atoms. The predicted molar refractivity (Wildman–Crippen MR) is 71.3 cm³/mol. The smallest absolute Gasteiger partial charge is 0.246 e. The van der Waals surface area contributed by atoms with E-state index in [-0.39, 0.29) is 33.1 Å². The third-order valence-electron chi connectivity index (χ3n) is 3.43. The first-order valence-electron chi connectivity index (χ1n) is 5.48. The first-order valence-corrected chi connectivity index (χ1v) is 7.31. The summed E-state index contributed by atoms with van der Waals surface area (Å²) in [6.07, 6.45) is 3.98. The number of nitrogens with zero attached hydrogens (tertiary/aromatic N) is 3. The highest BCUT2D eigenvalue weighted by Crippen LogP contribution is 2.41. The van der Waals surface area contributed by atoms with E-state index < -0.39 is 0 Å². The molecule has 5 nitrogen and oxygen atoms in total. The predicted octanol–water partition coefficient (Wildman–Crippen LogP) is 1.02. The SMILES string of the molecule is CCn1c(=O)n2n(c1=O)[C@H]1C=C[C@H]2[C@H](Br)[C@H]1Br. The second kappa shape index (κ2) is 3.71. The Morgan fingerprint density at radius 3 is 1.82 bits per heavy atom. The Morgan fingerprint density at radius 2 is 1.47 bits per heavy atom. The average Bonchev–Trinajstić information content (AvgIpc) is 2.58. The number of hydrogen-bond donors (Lipinski definition) is 0. The van der Waals surface area contributed by atoms with Gasteiger partial charge < -0.3 is 0 Å². The second-order valence-electron chi connectivity index (χ2n) is 4.25. The molecular weight excluding hydrogens is 354 g/mol. The second-order valence-corrected chi connectivity index (χ2v) is 6.37. The first kappa shape index (κ1) is 11.5. The molecule has 92 valence electrons. The lowest BCUT2D eigenvalue weighted by atomic mass is 9.96. The Hall–Kier alpha value is -0.560. The van der Waals surface area contributed by atoms with Crippen molar-refractivity contribution in [3.63, 3.8) is 0 Å². The van der Waals surface area contributed by atoms with Gasteiger partial charge in [-0.2, -0.15) is 0 Å². The molecule has 0 fully saturated rings. The van der Waals surface area contributed by atoms with E-state index in [1.54, 1.807) is 9.36 Å². The number of hydrogen-bond acceptors (Lipinski definition) is 2. The molecule has 4 atom stereocenters. The average molecular weight is 365 g/mol.